The van der Waals surface area contributed by atoms with Crippen LogP contribution in [0.15, 0.2) is 24.3 Å². The fraction of sp³-hybridized carbons (Fsp3) is 0.357. The van der Waals surface area contributed by atoms with E-state index in [1.807, 2.05) is 6.07 Å². The smallest absolute Gasteiger partial charge is 0.326 e. The third kappa shape index (κ3) is 3.81. The summed E-state index contributed by atoms with van der Waals surface area (Å²) in [6.45, 7) is 2.97. The van der Waals surface area contributed by atoms with E-state index >= 15 is 0 Å². The van der Waals surface area contributed by atoms with Crippen molar-refractivity contribution in [1.29, 1.82) is 0 Å². The molecule has 0 saturated carbocycles. The minimum Gasteiger partial charge on any atom is -0.480 e. The number of amides is 2. The molecule has 0 aliphatic carbocycles. The highest BCUT2D eigenvalue weighted by molar-refractivity contribution is 5.97. The summed E-state index contributed by atoms with van der Waals surface area (Å²) in [5.41, 5.74) is 1.30. The third-order valence-corrected chi connectivity index (χ3v) is 3.12. The zero-order chi connectivity index (χ0) is 15.3. The minimum atomic E-state index is -1.09. The minimum absolute atomic E-state index is 0.235. The van der Waals surface area contributed by atoms with E-state index in [4.69, 9.17) is 5.11 Å². The molecule has 1 rings (SSSR count). The zero-order valence-corrected chi connectivity index (χ0v) is 11.7. The van der Waals surface area contributed by atoms with Crippen molar-refractivity contribution in [3.63, 3.8) is 0 Å². The number of carboxylic acid groups (broad SMARTS) is 1. The van der Waals surface area contributed by atoms with Gasteiger partial charge < -0.3 is 15.3 Å². The Bertz CT molecular complexity index is 528. The highest BCUT2D eigenvalue weighted by Crippen LogP contribution is 2.06. The van der Waals surface area contributed by atoms with Crippen LogP contribution in [0.3, 0.4) is 0 Å². The first kappa shape index (κ1) is 15.7. The summed E-state index contributed by atoms with van der Waals surface area (Å²) in [6, 6.07) is 6.09. The van der Waals surface area contributed by atoms with Gasteiger partial charge in [-0.2, -0.15) is 0 Å². The van der Waals surface area contributed by atoms with Crippen LogP contribution in [0, 0.1) is 6.92 Å². The molecule has 0 fully saturated rings. The van der Waals surface area contributed by atoms with Gasteiger partial charge in [-0.25, -0.2) is 4.79 Å². The van der Waals surface area contributed by atoms with Crippen LogP contribution >= 0.6 is 0 Å². The highest BCUT2D eigenvalue weighted by atomic mass is 16.4. The Morgan fingerprint density at radius 3 is 2.45 bits per heavy atom. The van der Waals surface area contributed by atoms with E-state index < -0.39 is 17.9 Å². The molecule has 0 saturated heterocycles. The summed E-state index contributed by atoms with van der Waals surface area (Å²) in [6.07, 6.45) is 0. The van der Waals surface area contributed by atoms with E-state index in [0.29, 0.717) is 5.56 Å². The van der Waals surface area contributed by atoms with Crippen LogP contribution in [0.25, 0.3) is 0 Å². The number of carbonyl (C=O) groups excluding carboxylic acids is 2. The Labute approximate surface area is 117 Å². The summed E-state index contributed by atoms with van der Waals surface area (Å²) in [5, 5.41) is 11.3. The Morgan fingerprint density at radius 1 is 1.30 bits per heavy atom. The van der Waals surface area contributed by atoms with Gasteiger partial charge in [0.1, 0.15) is 6.04 Å². The molecule has 0 aromatic heterocycles. The maximum atomic E-state index is 11.9. The second kappa shape index (κ2) is 6.70. The molecule has 0 bridgehead atoms. The Morgan fingerprint density at radius 2 is 1.90 bits per heavy atom. The van der Waals surface area contributed by atoms with Gasteiger partial charge in [-0.05, 0) is 25.5 Å². The molecule has 108 valence electrons. The van der Waals surface area contributed by atoms with Gasteiger partial charge in [0.05, 0.1) is 6.54 Å². The predicted molar refractivity (Wildman–Crippen MR) is 73.4 cm³/mol. The van der Waals surface area contributed by atoms with Crippen LogP contribution < -0.4 is 5.32 Å². The van der Waals surface area contributed by atoms with Crippen LogP contribution in [-0.4, -0.2) is 47.4 Å². The zero-order valence-electron chi connectivity index (χ0n) is 11.7. The molecule has 1 unspecified atom stereocenters. The normalized spacial score (nSPS) is 11.6. The van der Waals surface area contributed by atoms with E-state index in [9.17, 15) is 14.4 Å². The largest absolute Gasteiger partial charge is 0.480 e. The summed E-state index contributed by atoms with van der Waals surface area (Å²) in [5.74, 6) is -1.90. The quantitative estimate of drug-likeness (QED) is 0.828. The van der Waals surface area contributed by atoms with Crippen molar-refractivity contribution in [2.45, 2.75) is 19.9 Å². The number of nitrogens with zero attached hydrogens (tertiary/aromatic N) is 1. The molecule has 0 spiro atoms. The highest BCUT2D eigenvalue weighted by Gasteiger charge is 2.22. The molecule has 2 amide bonds. The first-order valence-electron chi connectivity index (χ1n) is 6.17. The lowest BCUT2D eigenvalue weighted by Gasteiger charge is -2.21. The van der Waals surface area contributed by atoms with Gasteiger partial charge in [-0.15, -0.1) is 0 Å². The van der Waals surface area contributed by atoms with Crippen LogP contribution in [0.2, 0.25) is 0 Å². The molecule has 1 aromatic rings. The summed E-state index contributed by atoms with van der Waals surface area (Å²) in [7, 11) is 1.39. The number of carboxylic acids is 1. The first-order valence-corrected chi connectivity index (χ1v) is 6.17. The van der Waals surface area contributed by atoms with Crippen LogP contribution in [0.4, 0.5) is 0 Å². The fourth-order valence-corrected chi connectivity index (χ4v) is 1.59. The van der Waals surface area contributed by atoms with Gasteiger partial charge in [0.2, 0.25) is 5.91 Å². The van der Waals surface area contributed by atoms with E-state index in [-0.39, 0.29) is 12.5 Å². The van der Waals surface area contributed by atoms with Crippen LogP contribution in [0.1, 0.15) is 22.8 Å². The lowest BCUT2D eigenvalue weighted by Crippen LogP contribution is -2.45. The van der Waals surface area contributed by atoms with Crippen molar-refractivity contribution in [3.05, 3.63) is 35.4 Å². The molecule has 1 aromatic carbocycles. The Kier molecular flexibility index (Phi) is 5.25. The predicted octanol–water partition coefficient (Wildman–Crippen LogP) is 0.656. The number of hydrogen-bond acceptors (Lipinski definition) is 3. The average molecular weight is 278 g/mol. The molecular weight excluding hydrogens is 260 g/mol. The molecule has 1 atom stereocenters. The van der Waals surface area contributed by atoms with Gasteiger partial charge in [0.15, 0.2) is 0 Å². The lowest BCUT2D eigenvalue weighted by molar-refractivity contribution is -0.147. The van der Waals surface area contributed by atoms with Crippen molar-refractivity contribution in [1.82, 2.24) is 10.2 Å². The molecule has 0 radical (unpaired) electrons. The van der Waals surface area contributed by atoms with Gasteiger partial charge in [-0.1, -0.05) is 18.2 Å². The summed E-state index contributed by atoms with van der Waals surface area (Å²) in [4.78, 5) is 35.5. The third-order valence-electron chi connectivity index (χ3n) is 3.12. The molecule has 6 heteroatoms. The fourth-order valence-electron chi connectivity index (χ4n) is 1.59. The molecule has 20 heavy (non-hydrogen) atoms. The van der Waals surface area contributed by atoms with E-state index in [0.717, 1.165) is 10.5 Å². The maximum Gasteiger partial charge on any atom is 0.326 e. The van der Waals surface area contributed by atoms with Gasteiger partial charge >= 0.3 is 5.97 Å². The summed E-state index contributed by atoms with van der Waals surface area (Å²) < 4.78 is 0. The van der Waals surface area contributed by atoms with Gasteiger partial charge in [-0.3, -0.25) is 9.59 Å². The standard InChI is InChI=1S/C14H18N2O4/c1-9-6-4-5-7-11(9)13(18)15-8-12(17)16(3)10(2)14(19)20/h4-7,10H,8H2,1-3H3,(H,15,18)(H,19,20). The molecule has 0 heterocycles. The Hall–Kier alpha value is -2.37. The molecule has 2 N–H and O–H groups in total. The van der Waals surface area contributed by atoms with Gasteiger partial charge in [0, 0.05) is 12.6 Å². The molecule has 0 aliphatic rings. The summed E-state index contributed by atoms with van der Waals surface area (Å²) >= 11 is 0. The molecule has 0 aliphatic heterocycles. The second-order valence-corrected chi connectivity index (χ2v) is 4.52. The van der Waals surface area contributed by atoms with Gasteiger partial charge in [0.25, 0.3) is 5.91 Å². The molecule has 6 nitrogen and oxygen atoms in total. The van der Waals surface area contributed by atoms with Crippen LogP contribution in [0.5, 0.6) is 0 Å². The van der Waals surface area contributed by atoms with Crippen molar-refractivity contribution in [2.75, 3.05) is 13.6 Å². The van der Waals surface area contributed by atoms with Crippen LogP contribution in [-0.2, 0) is 9.59 Å². The number of nitrogens with one attached hydrogen (secondary N) is 1. The Balaban J connectivity index is 2.60. The monoisotopic (exact) mass is 278 g/mol. The number of aliphatic carboxylic acids is 1. The van der Waals surface area contributed by atoms with Crippen molar-refractivity contribution in [3.8, 4) is 0 Å². The number of carbonyl (C=O) groups is 3. The van der Waals surface area contributed by atoms with E-state index in [1.54, 1.807) is 25.1 Å². The average Bonchev–Trinajstić information content (AvgIpc) is 2.43. The number of hydrogen-bond donors (Lipinski definition) is 2. The first-order chi connectivity index (χ1) is 9.34. The molecular formula is C14H18N2O4. The van der Waals surface area contributed by atoms with Crippen molar-refractivity contribution >= 4 is 17.8 Å². The SMILES string of the molecule is Cc1ccccc1C(=O)NCC(=O)N(C)C(C)C(=O)O. The number of benzene rings is 1. The number of likely N-dealkylation sites (N-methyl/N-ethyl adjacent to an activating group) is 1. The second-order valence-electron chi connectivity index (χ2n) is 4.52. The van der Waals surface area contributed by atoms with E-state index in [1.165, 1.54) is 14.0 Å². The lowest BCUT2D eigenvalue weighted by atomic mass is 10.1. The number of aryl methyl sites for hydroxylation is 1. The van der Waals surface area contributed by atoms with E-state index in [2.05, 4.69) is 5.32 Å². The van der Waals surface area contributed by atoms with Crippen molar-refractivity contribution < 1.29 is 19.5 Å². The number of rotatable bonds is 5. The topological polar surface area (TPSA) is 86.7 Å². The van der Waals surface area contributed by atoms with Crippen molar-refractivity contribution in [2.24, 2.45) is 0 Å². The maximum absolute atomic E-state index is 11.9.